The van der Waals surface area contributed by atoms with Gasteiger partial charge in [0.1, 0.15) is 11.8 Å². The largest absolute Gasteiger partial charge is 0.508 e. The number of aromatic hydroxyl groups is 1. The molecule has 2 heterocycles. The molecule has 0 saturated heterocycles. The molecule has 0 spiro atoms. The van der Waals surface area contributed by atoms with Gasteiger partial charge in [0.25, 0.3) is 0 Å². The molecule has 0 amide bonds. The molecule has 1 aliphatic rings. The van der Waals surface area contributed by atoms with Crippen molar-refractivity contribution in [2.75, 3.05) is 6.54 Å². The normalized spacial score (nSPS) is 15.9. The molecule has 29 heavy (non-hydrogen) atoms. The van der Waals surface area contributed by atoms with Gasteiger partial charge in [0.05, 0.1) is 0 Å². The first-order valence-electron chi connectivity index (χ1n) is 9.93. The van der Waals surface area contributed by atoms with Crippen molar-refractivity contribution in [3.8, 4) is 5.75 Å². The van der Waals surface area contributed by atoms with Crippen LogP contribution in [0.5, 0.6) is 5.75 Å². The summed E-state index contributed by atoms with van der Waals surface area (Å²) in [6.45, 7) is 1.43. The van der Waals surface area contributed by atoms with Gasteiger partial charge in [0, 0.05) is 35.2 Å². The van der Waals surface area contributed by atoms with Crippen molar-refractivity contribution >= 4 is 16.7 Å². The van der Waals surface area contributed by atoms with Gasteiger partial charge in [-0.05, 0) is 35.7 Å². The molecule has 1 aromatic heterocycles. The summed E-state index contributed by atoms with van der Waals surface area (Å²) in [4.78, 5) is 13.4. The van der Waals surface area contributed by atoms with Crippen molar-refractivity contribution in [2.45, 2.75) is 19.0 Å². The Labute approximate surface area is 169 Å². The molecule has 5 rings (SSSR count). The molecule has 2 N–H and O–H groups in total. The third-order valence-electron chi connectivity index (χ3n) is 5.71. The fourth-order valence-electron chi connectivity index (χ4n) is 4.37. The minimum Gasteiger partial charge on any atom is -0.508 e. The molecule has 1 unspecified atom stereocenters. The van der Waals surface area contributed by atoms with Gasteiger partial charge >= 0.3 is 0 Å². The topological polar surface area (TPSA) is 54.3 Å². The van der Waals surface area contributed by atoms with E-state index >= 15 is 0 Å². The van der Waals surface area contributed by atoms with Gasteiger partial charge in [-0.3, -0.25) is 4.79 Å². The SMILES string of the molecule is O=C(c1ccccc1)C1NCCc2c1n(Cc1ccc(O)cc1)c1ccccc21. The van der Waals surface area contributed by atoms with E-state index in [1.165, 1.54) is 10.9 Å². The summed E-state index contributed by atoms with van der Waals surface area (Å²) in [7, 11) is 0. The second-order valence-electron chi connectivity index (χ2n) is 7.50. The third-order valence-corrected chi connectivity index (χ3v) is 5.71. The Bertz CT molecular complexity index is 1180. The van der Waals surface area contributed by atoms with Crippen LogP contribution in [0.1, 0.15) is 33.2 Å². The minimum atomic E-state index is -0.370. The van der Waals surface area contributed by atoms with E-state index in [2.05, 4.69) is 28.1 Å². The summed E-state index contributed by atoms with van der Waals surface area (Å²) < 4.78 is 2.26. The zero-order valence-corrected chi connectivity index (χ0v) is 16.0. The first-order chi connectivity index (χ1) is 14.2. The molecule has 0 fully saturated rings. The average Bonchev–Trinajstić information content (AvgIpc) is 3.09. The number of nitrogens with one attached hydrogen (secondary N) is 1. The molecule has 0 saturated carbocycles. The van der Waals surface area contributed by atoms with Gasteiger partial charge in [0.15, 0.2) is 5.78 Å². The van der Waals surface area contributed by atoms with Crippen molar-refractivity contribution in [2.24, 2.45) is 0 Å². The van der Waals surface area contributed by atoms with Crippen LogP contribution in [0.4, 0.5) is 0 Å². The summed E-state index contributed by atoms with van der Waals surface area (Å²) in [5.74, 6) is 0.355. The van der Waals surface area contributed by atoms with E-state index < -0.39 is 0 Å². The zero-order chi connectivity index (χ0) is 19.8. The lowest BCUT2D eigenvalue weighted by molar-refractivity contribution is 0.0935. The van der Waals surface area contributed by atoms with Crippen LogP contribution in [-0.2, 0) is 13.0 Å². The monoisotopic (exact) mass is 382 g/mol. The first kappa shape index (κ1) is 17.7. The highest BCUT2D eigenvalue weighted by atomic mass is 16.3. The molecule has 3 aromatic carbocycles. The molecular weight excluding hydrogens is 360 g/mol. The lowest BCUT2D eigenvalue weighted by Crippen LogP contribution is -2.36. The number of rotatable bonds is 4. The molecule has 0 radical (unpaired) electrons. The first-order valence-corrected chi connectivity index (χ1v) is 9.93. The van der Waals surface area contributed by atoms with Crippen LogP contribution in [0.3, 0.4) is 0 Å². The van der Waals surface area contributed by atoms with Crippen molar-refractivity contribution < 1.29 is 9.90 Å². The van der Waals surface area contributed by atoms with E-state index in [0.29, 0.717) is 6.54 Å². The van der Waals surface area contributed by atoms with Gasteiger partial charge in [-0.15, -0.1) is 0 Å². The highest BCUT2D eigenvalue weighted by molar-refractivity contribution is 6.02. The highest BCUT2D eigenvalue weighted by Crippen LogP contribution is 2.35. The van der Waals surface area contributed by atoms with Gasteiger partial charge in [-0.1, -0.05) is 60.7 Å². The van der Waals surface area contributed by atoms with E-state index in [1.54, 1.807) is 12.1 Å². The molecule has 4 nitrogen and oxygen atoms in total. The van der Waals surface area contributed by atoms with E-state index in [1.807, 2.05) is 48.5 Å². The van der Waals surface area contributed by atoms with E-state index in [4.69, 9.17) is 0 Å². The average molecular weight is 382 g/mol. The number of hydrogen-bond donors (Lipinski definition) is 2. The van der Waals surface area contributed by atoms with Gasteiger partial charge in [-0.25, -0.2) is 0 Å². The molecule has 4 aromatic rings. The lowest BCUT2D eigenvalue weighted by atomic mass is 9.93. The standard InChI is InChI=1S/C25H22N2O2/c28-19-12-10-17(11-13-19)16-27-22-9-5-4-8-20(22)21-14-15-26-23(24(21)27)25(29)18-6-2-1-3-7-18/h1-13,23,26,28H,14-16H2. The Morgan fingerprint density at radius 2 is 1.69 bits per heavy atom. The zero-order valence-electron chi connectivity index (χ0n) is 16.0. The van der Waals surface area contributed by atoms with Crippen LogP contribution in [0.2, 0.25) is 0 Å². The van der Waals surface area contributed by atoms with E-state index in [0.717, 1.165) is 35.3 Å². The van der Waals surface area contributed by atoms with Crippen molar-refractivity contribution in [3.05, 3.63) is 101 Å². The summed E-state index contributed by atoms with van der Waals surface area (Å²) in [6.07, 6.45) is 0.900. The summed E-state index contributed by atoms with van der Waals surface area (Å²) >= 11 is 0. The number of phenolic OH excluding ortho intramolecular Hbond substituents is 1. The molecule has 1 atom stereocenters. The molecular formula is C25H22N2O2. The Morgan fingerprint density at radius 3 is 2.48 bits per heavy atom. The van der Waals surface area contributed by atoms with Crippen LogP contribution in [0, 0.1) is 0 Å². The number of hydrogen-bond acceptors (Lipinski definition) is 3. The molecule has 0 bridgehead atoms. The second kappa shape index (κ2) is 7.22. The van der Waals surface area contributed by atoms with Crippen molar-refractivity contribution in [1.82, 2.24) is 9.88 Å². The quantitative estimate of drug-likeness (QED) is 0.512. The van der Waals surface area contributed by atoms with Crippen LogP contribution in [0.25, 0.3) is 10.9 Å². The van der Waals surface area contributed by atoms with Gasteiger partial charge < -0.3 is 15.0 Å². The Hall–Kier alpha value is -3.37. The summed E-state index contributed by atoms with van der Waals surface area (Å²) in [5, 5.41) is 14.3. The number of para-hydroxylation sites is 1. The fraction of sp³-hybridized carbons (Fsp3) is 0.160. The number of aromatic nitrogens is 1. The van der Waals surface area contributed by atoms with Gasteiger partial charge in [0.2, 0.25) is 0 Å². The summed E-state index contributed by atoms with van der Waals surface area (Å²) in [5.41, 5.74) is 5.26. The van der Waals surface area contributed by atoms with E-state index in [-0.39, 0.29) is 17.6 Å². The van der Waals surface area contributed by atoms with Crippen LogP contribution < -0.4 is 5.32 Å². The number of carbonyl (C=O) groups excluding carboxylic acids is 1. The maximum Gasteiger partial charge on any atom is 0.185 e. The predicted octanol–water partition coefficient (Wildman–Crippen LogP) is 4.46. The lowest BCUT2D eigenvalue weighted by Gasteiger charge is -2.26. The molecule has 1 aliphatic heterocycles. The third kappa shape index (κ3) is 3.12. The smallest absolute Gasteiger partial charge is 0.185 e. The van der Waals surface area contributed by atoms with Crippen molar-refractivity contribution in [3.63, 3.8) is 0 Å². The maximum atomic E-state index is 13.4. The second-order valence-corrected chi connectivity index (χ2v) is 7.50. The number of carbonyl (C=O) groups is 1. The number of phenols is 1. The Morgan fingerprint density at radius 1 is 0.966 bits per heavy atom. The Kier molecular flexibility index (Phi) is 4.41. The van der Waals surface area contributed by atoms with E-state index in [9.17, 15) is 9.90 Å². The van der Waals surface area contributed by atoms with Crippen LogP contribution in [0.15, 0.2) is 78.9 Å². The Balaban J connectivity index is 1.66. The molecule has 4 heteroatoms. The fourth-order valence-corrected chi connectivity index (χ4v) is 4.37. The minimum absolute atomic E-state index is 0.0984. The highest BCUT2D eigenvalue weighted by Gasteiger charge is 2.32. The number of fused-ring (bicyclic) bond motifs is 3. The number of ketones is 1. The number of nitrogens with zero attached hydrogens (tertiary/aromatic N) is 1. The molecule has 144 valence electrons. The molecule has 0 aliphatic carbocycles. The number of Topliss-reactive ketones (excluding diaryl/α,β-unsaturated/α-hetero) is 1. The van der Waals surface area contributed by atoms with Gasteiger partial charge in [-0.2, -0.15) is 0 Å². The maximum absolute atomic E-state index is 13.4. The number of benzene rings is 3. The van der Waals surface area contributed by atoms with Crippen LogP contribution >= 0.6 is 0 Å². The van der Waals surface area contributed by atoms with Crippen LogP contribution in [-0.4, -0.2) is 22.0 Å². The van der Waals surface area contributed by atoms with Crippen molar-refractivity contribution in [1.29, 1.82) is 0 Å². The predicted molar refractivity (Wildman–Crippen MR) is 114 cm³/mol. The summed E-state index contributed by atoms with van der Waals surface area (Å²) in [6, 6.07) is 24.8.